The van der Waals surface area contributed by atoms with Gasteiger partial charge in [0.25, 0.3) is 0 Å². The van der Waals surface area contributed by atoms with Crippen molar-refractivity contribution in [1.82, 2.24) is 10.2 Å². The molecule has 0 saturated heterocycles. The van der Waals surface area contributed by atoms with Crippen molar-refractivity contribution in [1.29, 1.82) is 0 Å². The molecule has 0 aliphatic heterocycles. The summed E-state index contributed by atoms with van der Waals surface area (Å²) in [5, 5.41) is 12.0. The van der Waals surface area contributed by atoms with Crippen molar-refractivity contribution in [3.63, 3.8) is 0 Å². The summed E-state index contributed by atoms with van der Waals surface area (Å²) in [6.45, 7) is 5.80. The van der Waals surface area contributed by atoms with E-state index < -0.39 is 30.6 Å². The molecule has 1 aliphatic rings. The van der Waals surface area contributed by atoms with Crippen LogP contribution in [0.15, 0.2) is 48.5 Å². The third kappa shape index (κ3) is 7.01. The Morgan fingerprint density at radius 3 is 2.14 bits per heavy atom. The molecule has 2 N–H and O–H groups in total. The van der Waals surface area contributed by atoms with E-state index in [1.54, 1.807) is 11.8 Å². The fraction of sp³-hybridized carbons (Fsp3) is 0.444. The first-order valence-corrected chi connectivity index (χ1v) is 13.1. The van der Waals surface area contributed by atoms with Crippen molar-refractivity contribution in [2.45, 2.75) is 39.2 Å². The maximum Gasteiger partial charge on any atom is 0.407 e. The van der Waals surface area contributed by atoms with Gasteiger partial charge in [-0.05, 0) is 46.1 Å². The highest BCUT2D eigenvalue weighted by atomic mass is 32.2. The Balaban J connectivity index is 1.71. The van der Waals surface area contributed by atoms with Gasteiger partial charge in [0.1, 0.15) is 19.2 Å². The van der Waals surface area contributed by atoms with Crippen LogP contribution < -0.4 is 5.32 Å². The molecule has 0 unspecified atom stereocenters. The van der Waals surface area contributed by atoms with Crippen LogP contribution in [0.3, 0.4) is 0 Å². The molecule has 2 aromatic rings. The molecule has 35 heavy (non-hydrogen) atoms. The molecule has 0 spiro atoms. The maximum atomic E-state index is 13.3. The highest BCUT2D eigenvalue weighted by Crippen LogP contribution is 2.44. The number of benzene rings is 2. The fourth-order valence-corrected chi connectivity index (χ4v) is 4.91. The van der Waals surface area contributed by atoms with Gasteiger partial charge in [0.05, 0.1) is 0 Å². The Kier molecular flexibility index (Phi) is 8.83. The monoisotopic (exact) mass is 498 g/mol. The van der Waals surface area contributed by atoms with Crippen LogP contribution in [0.2, 0.25) is 0 Å². The average molecular weight is 499 g/mol. The van der Waals surface area contributed by atoms with Gasteiger partial charge >= 0.3 is 12.1 Å². The number of aliphatic carboxylic acids is 1. The summed E-state index contributed by atoms with van der Waals surface area (Å²) in [5.41, 5.74) is 4.19. The van der Waals surface area contributed by atoms with Crippen molar-refractivity contribution in [2.24, 2.45) is 5.41 Å². The van der Waals surface area contributed by atoms with Gasteiger partial charge in [0, 0.05) is 12.5 Å². The lowest BCUT2D eigenvalue weighted by Crippen LogP contribution is -2.52. The Hall–Kier alpha value is -3.00. The highest BCUT2D eigenvalue weighted by molar-refractivity contribution is 7.98. The number of thioether (sulfide) groups is 1. The van der Waals surface area contributed by atoms with Crippen LogP contribution in [0.4, 0.5) is 4.79 Å². The predicted octanol–water partition coefficient (Wildman–Crippen LogP) is 4.61. The third-order valence-corrected chi connectivity index (χ3v) is 6.49. The number of carbonyl (C=O) groups excluding carboxylic acids is 2. The van der Waals surface area contributed by atoms with Gasteiger partial charge in [-0.25, -0.2) is 4.79 Å². The molecule has 0 radical (unpaired) electrons. The van der Waals surface area contributed by atoms with Gasteiger partial charge in [-0.1, -0.05) is 69.3 Å². The minimum Gasteiger partial charge on any atom is -0.480 e. The van der Waals surface area contributed by atoms with E-state index in [4.69, 9.17) is 4.74 Å². The van der Waals surface area contributed by atoms with Crippen molar-refractivity contribution in [3.05, 3.63) is 59.7 Å². The number of fused-ring (bicyclic) bond motifs is 3. The van der Waals surface area contributed by atoms with E-state index in [0.29, 0.717) is 12.2 Å². The molecule has 2 amide bonds. The lowest BCUT2D eigenvalue weighted by Gasteiger charge is -2.31. The van der Waals surface area contributed by atoms with Gasteiger partial charge in [-0.15, -0.1) is 0 Å². The molecule has 8 heteroatoms. The van der Waals surface area contributed by atoms with Crippen LogP contribution in [0.25, 0.3) is 11.1 Å². The summed E-state index contributed by atoms with van der Waals surface area (Å²) in [5.74, 6) is -0.952. The number of hydrogen-bond donors (Lipinski definition) is 2. The Morgan fingerprint density at radius 2 is 1.63 bits per heavy atom. The summed E-state index contributed by atoms with van der Waals surface area (Å²) in [6, 6.07) is 15.3. The maximum absolute atomic E-state index is 13.3. The fourth-order valence-electron chi connectivity index (χ4n) is 4.44. The number of carboxylic acids is 1. The number of rotatable bonds is 10. The van der Waals surface area contributed by atoms with E-state index in [-0.39, 0.29) is 24.5 Å². The molecule has 0 heterocycles. The molecule has 0 saturated carbocycles. The second-order valence-electron chi connectivity index (χ2n) is 9.95. The quantitative estimate of drug-likeness (QED) is 0.497. The number of nitrogens with one attached hydrogen (secondary N) is 1. The van der Waals surface area contributed by atoms with Gasteiger partial charge in [0.15, 0.2) is 0 Å². The molecular weight excluding hydrogens is 464 g/mol. The Bertz CT molecular complexity index is 1020. The summed E-state index contributed by atoms with van der Waals surface area (Å²) < 4.78 is 5.62. The topological polar surface area (TPSA) is 95.9 Å². The number of carboxylic acid groups (broad SMARTS) is 1. The summed E-state index contributed by atoms with van der Waals surface area (Å²) in [6.07, 6.45) is 1.61. The number of hydrogen-bond acceptors (Lipinski definition) is 5. The number of alkyl carbamates (subject to hydrolysis) is 1. The molecule has 2 aromatic carbocycles. The Morgan fingerprint density at radius 1 is 1.06 bits per heavy atom. The Labute approximate surface area is 211 Å². The number of nitrogens with zero attached hydrogens (tertiary/aromatic N) is 1. The van der Waals surface area contributed by atoms with E-state index in [0.717, 1.165) is 22.3 Å². The van der Waals surface area contributed by atoms with Crippen LogP contribution in [-0.2, 0) is 14.3 Å². The van der Waals surface area contributed by atoms with Gasteiger partial charge in [-0.2, -0.15) is 11.8 Å². The molecular formula is C27H34N2O5S. The van der Waals surface area contributed by atoms with Crippen molar-refractivity contribution < 1.29 is 24.2 Å². The van der Waals surface area contributed by atoms with Crippen molar-refractivity contribution in [3.8, 4) is 11.1 Å². The van der Waals surface area contributed by atoms with Crippen LogP contribution in [-0.4, -0.2) is 65.7 Å². The van der Waals surface area contributed by atoms with Crippen molar-refractivity contribution in [2.75, 3.05) is 31.7 Å². The summed E-state index contributed by atoms with van der Waals surface area (Å²) in [7, 11) is 0. The lowest BCUT2D eigenvalue weighted by atomic mass is 9.95. The largest absolute Gasteiger partial charge is 0.480 e. The first kappa shape index (κ1) is 26.6. The predicted molar refractivity (Wildman–Crippen MR) is 139 cm³/mol. The van der Waals surface area contributed by atoms with E-state index in [2.05, 4.69) is 17.4 Å². The summed E-state index contributed by atoms with van der Waals surface area (Å²) >= 11 is 1.55. The van der Waals surface area contributed by atoms with E-state index >= 15 is 0 Å². The highest BCUT2D eigenvalue weighted by Gasteiger charge is 2.32. The normalized spacial score (nSPS) is 13.5. The van der Waals surface area contributed by atoms with E-state index in [1.807, 2.05) is 63.4 Å². The minimum atomic E-state index is -1.09. The zero-order chi connectivity index (χ0) is 25.6. The first-order chi connectivity index (χ1) is 16.6. The third-order valence-electron chi connectivity index (χ3n) is 5.85. The van der Waals surface area contributed by atoms with Crippen LogP contribution in [0, 0.1) is 5.41 Å². The van der Waals surface area contributed by atoms with Gasteiger partial charge in [-0.3, -0.25) is 9.59 Å². The molecule has 7 nitrogen and oxygen atoms in total. The summed E-state index contributed by atoms with van der Waals surface area (Å²) in [4.78, 5) is 38.8. The number of amides is 2. The van der Waals surface area contributed by atoms with Gasteiger partial charge in [0.2, 0.25) is 5.91 Å². The zero-order valence-corrected chi connectivity index (χ0v) is 21.6. The smallest absolute Gasteiger partial charge is 0.407 e. The molecule has 3 rings (SSSR count). The average Bonchev–Trinajstić information content (AvgIpc) is 3.12. The first-order valence-electron chi connectivity index (χ1n) is 11.7. The SMILES string of the molecule is CSCC[C@H](NC(=O)OCC1c2ccccc2-c2ccccc21)C(=O)N(CC(=O)O)CC(C)(C)C. The van der Waals surface area contributed by atoms with Crippen LogP contribution in [0.1, 0.15) is 44.2 Å². The molecule has 0 aromatic heterocycles. The van der Waals surface area contributed by atoms with Gasteiger partial charge < -0.3 is 20.1 Å². The molecule has 0 bridgehead atoms. The van der Waals surface area contributed by atoms with Crippen molar-refractivity contribution >= 4 is 29.7 Å². The molecule has 188 valence electrons. The van der Waals surface area contributed by atoms with Crippen LogP contribution in [0.5, 0.6) is 0 Å². The number of ether oxygens (including phenoxy) is 1. The standard InChI is InChI=1S/C27H34N2O5S/c1-27(2,3)17-29(15-24(30)31)25(32)23(13-14-35-4)28-26(33)34-16-22-20-11-7-5-9-18(20)19-10-6-8-12-21(19)22/h5-12,22-23H,13-17H2,1-4H3,(H,28,33)(H,30,31)/t23-/m0/s1. The molecule has 0 fully saturated rings. The van der Waals surface area contributed by atoms with E-state index in [9.17, 15) is 19.5 Å². The second kappa shape index (κ2) is 11.6. The van der Waals surface area contributed by atoms with E-state index in [1.165, 1.54) is 4.90 Å². The van der Waals surface area contributed by atoms with Crippen LogP contribution >= 0.6 is 11.8 Å². The number of carbonyl (C=O) groups is 3. The minimum absolute atomic E-state index is 0.0853. The zero-order valence-electron chi connectivity index (χ0n) is 20.7. The molecule has 1 aliphatic carbocycles. The second-order valence-corrected chi connectivity index (χ2v) is 10.9. The molecule has 1 atom stereocenters. The lowest BCUT2D eigenvalue weighted by molar-refractivity contribution is -0.146.